The first-order valence-corrected chi connectivity index (χ1v) is 8.37. The van der Waals surface area contributed by atoms with Crippen LogP contribution in [0.5, 0.6) is 0 Å². The van der Waals surface area contributed by atoms with Gasteiger partial charge in [0, 0.05) is 17.6 Å². The molecule has 124 valence electrons. The lowest BCUT2D eigenvalue weighted by atomic mass is 10.1. The summed E-state index contributed by atoms with van der Waals surface area (Å²) in [6.07, 6.45) is 3.38. The number of nitrogens with zero attached hydrogens (tertiary/aromatic N) is 1. The minimum Gasteiger partial charge on any atom is -0.325 e. The van der Waals surface area contributed by atoms with Crippen LogP contribution in [0.3, 0.4) is 0 Å². The Morgan fingerprint density at radius 2 is 2.13 bits per heavy atom. The van der Waals surface area contributed by atoms with Gasteiger partial charge < -0.3 is 11.1 Å². The van der Waals surface area contributed by atoms with Crippen LogP contribution in [-0.4, -0.2) is 16.9 Å². The Bertz CT molecular complexity index is 610. The first-order valence-electron chi connectivity index (χ1n) is 7.38. The summed E-state index contributed by atoms with van der Waals surface area (Å²) in [6.45, 7) is 2.02. The SMILES string of the molecule is CCCC(N)C(=O)Nc1cccc(CSc2ccccn2)c1.Cl. The van der Waals surface area contributed by atoms with Crippen LogP contribution >= 0.6 is 24.2 Å². The Labute approximate surface area is 147 Å². The van der Waals surface area contributed by atoms with E-state index in [0.29, 0.717) is 6.42 Å². The smallest absolute Gasteiger partial charge is 0.241 e. The van der Waals surface area contributed by atoms with Crippen molar-refractivity contribution in [3.63, 3.8) is 0 Å². The van der Waals surface area contributed by atoms with Crippen LogP contribution in [-0.2, 0) is 10.5 Å². The normalized spacial score (nSPS) is 11.4. The average Bonchev–Trinajstić information content (AvgIpc) is 2.54. The summed E-state index contributed by atoms with van der Waals surface area (Å²) >= 11 is 1.67. The molecule has 1 aromatic heterocycles. The lowest BCUT2D eigenvalue weighted by molar-refractivity contribution is -0.117. The largest absolute Gasteiger partial charge is 0.325 e. The molecule has 0 aliphatic rings. The molecule has 4 nitrogen and oxygen atoms in total. The molecule has 0 radical (unpaired) electrons. The highest BCUT2D eigenvalue weighted by Crippen LogP contribution is 2.22. The van der Waals surface area contributed by atoms with Gasteiger partial charge in [-0.2, -0.15) is 0 Å². The second-order valence-electron chi connectivity index (χ2n) is 5.04. The number of carbonyl (C=O) groups is 1. The van der Waals surface area contributed by atoms with Gasteiger partial charge in [0.1, 0.15) is 0 Å². The van der Waals surface area contributed by atoms with Crippen LogP contribution in [0, 0.1) is 0 Å². The van der Waals surface area contributed by atoms with Crippen molar-refractivity contribution < 1.29 is 4.79 Å². The number of hydrogen-bond donors (Lipinski definition) is 2. The van der Waals surface area contributed by atoms with Crippen molar-refractivity contribution in [2.45, 2.75) is 36.6 Å². The fourth-order valence-electron chi connectivity index (χ4n) is 2.01. The molecule has 6 heteroatoms. The van der Waals surface area contributed by atoms with Crippen molar-refractivity contribution >= 4 is 35.8 Å². The van der Waals surface area contributed by atoms with Gasteiger partial charge in [-0.15, -0.1) is 24.2 Å². The summed E-state index contributed by atoms with van der Waals surface area (Å²) in [5.74, 6) is 0.679. The van der Waals surface area contributed by atoms with Crippen LogP contribution < -0.4 is 11.1 Å². The standard InChI is InChI=1S/C17H21N3OS.ClH/c1-2-6-15(18)17(21)20-14-8-5-7-13(11-14)12-22-16-9-3-4-10-19-16;/h3-5,7-11,15H,2,6,12,18H2,1H3,(H,20,21);1H. The zero-order chi connectivity index (χ0) is 15.8. The predicted octanol–water partition coefficient (Wildman–Crippen LogP) is 3.86. The summed E-state index contributed by atoms with van der Waals surface area (Å²) in [5, 5.41) is 3.86. The molecule has 23 heavy (non-hydrogen) atoms. The van der Waals surface area contributed by atoms with Crippen LogP contribution in [0.25, 0.3) is 0 Å². The number of nitrogens with two attached hydrogens (primary N) is 1. The third-order valence-electron chi connectivity index (χ3n) is 3.16. The van der Waals surface area contributed by atoms with Gasteiger partial charge in [0.05, 0.1) is 11.1 Å². The average molecular weight is 352 g/mol. The summed E-state index contributed by atoms with van der Waals surface area (Å²) in [6, 6.07) is 13.3. The monoisotopic (exact) mass is 351 g/mol. The van der Waals surface area contributed by atoms with E-state index in [1.54, 1.807) is 18.0 Å². The number of pyridine rings is 1. The minimum atomic E-state index is -0.448. The van der Waals surface area contributed by atoms with E-state index in [0.717, 1.165) is 28.5 Å². The maximum absolute atomic E-state index is 11.9. The molecule has 2 rings (SSSR count). The molecule has 2 aromatic rings. The number of benzene rings is 1. The molecule has 0 aliphatic carbocycles. The Balaban J connectivity index is 0.00000264. The van der Waals surface area contributed by atoms with Crippen LogP contribution in [0.1, 0.15) is 25.3 Å². The zero-order valence-corrected chi connectivity index (χ0v) is 14.7. The Hall–Kier alpha value is -1.56. The summed E-state index contributed by atoms with van der Waals surface area (Å²) < 4.78 is 0. The lowest BCUT2D eigenvalue weighted by Crippen LogP contribution is -2.35. The highest BCUT2D eigenvalue weighted by atomic mass is 35.5. The highest BCUT2D eigenvalue weighted by Gasteiger charge is 2.12. The predicted molar refractivity (Wildman–Crippen MR) is 99.0 cm³/mol. The number of anilines is 1. The minimum absolute atomic E-state index is 0. The van der Waals surface area contributed by atoms with E-state index in [-0.39, 0.29) is 18.3 Å². The maximum atomic E-state index is 11.9. The van der Waals surface area contributed by atoms with E-state index in [9.17, 15) is 4.79 Å². The molecule has 0 bridgehead atoms. The number of aromatic nitrogens is 1. The number of carbonyl (C=O) groups excluding carboxylic acids is 1. The molecule has 3 N–H and O–H groups in total. The van der Waals surface area contributed by atoms with Crippen molar-refractivity contribution in [2.75, 3.05) is 5.32 Å². The van der Waals surface area contributed by atoms with E-state index >= 15 is 0 Å². The molecule has 1 aromatic carbocycles. The molecule has 0 fully saturated rings. The van der Waals surface area contributed by atoms with E-state index in [4.69, 9.17) is 5.73 Å². The van der Waals surface area contributed by atoms with Crippen LogP contribution in [0.2, 0.25) is 0 Å². The van der Waals surface area contributed by atoms with Crippen molar-refractivity contribution in [2.24, 2.45) is 5.73 Å². The summed E-state index contributed by atoms with van der Waals surface area (Å²) in [5.41, 5.74) is 7.75. The zero-order valence-electron chi connectivity index (χ0n) is 13.1. The second kappa shape index (κ2) is 10.3. The highest BCUT2D eigenvalue weighted by molar-refractivity contribution is 7.98. The third-order valence-corrected chi connectivity index (χ3v) is 4.17. The fourth-order valence-corrected chi connectivity index (χ4v) is 2.81. The van der Waals surface area contributed by atoms with E-state index in [2.05, 4.69) is 10.3 Å². The van der Waals surface area contributed by atoms with Gasteiger partial charge in [0.2, 0.25) is 5.91 Å². The third kappa shape index (κ3) is 6.60. The number of thioether (sulfide) groups is 1. The Morgan fingerprint density at radius 3 is 2.83 bits per heavy atom. The van der Waals surface area contributed by atoms with Gasteiger partial charge in [0.25, 0.3) is 0 Å². The molecule has 1 heterocycles. The molecule has 1 amide bonds. The van der Waals surface area contributed by atoms with Crippen molar-refractivity contribution in [3.8, 4) is 0 Å². The number of amides is 1. The molecule has 1 atom stereocenters. The molecule has 0 aliphatic heterocycles. The first-order chi connectivity index (χ1) is 10.7. The number of rotatable bonds is 7. The Kier molecular flexibility index (Phi) is 8.69. The van der Waals surface area contributed by atoms with E-state index in [1.165, 1.54) is 0 Å². The van der Waals surface area contributed by atoms with Gasteiger partial charge in [0.15, 0.2) is 0 Å². The number of hydrogen-bond acceptors (Lipinski definition) is 4. The fraction of sp³-hybridized carbons (Fsp3) is 0.294. The van der Waals surface area contributed by atoms with Crippen molar-refractivity contribution in [1.29, 1.82) is 0 Å². The van der Waals surface area contributed by atoms with E-state index in [1.807, 2.05) is 49.4 Å². The molecular weight excluding hydrogens is 330 g/mol. The van der Waals surface area contributed by atoms with Gasteiger partial charge in [-0.3, -0.25) is 4.79 Å². The summed E-state index contributed by atoms with van der Waals surface area (Å²) in [7, 11) is 0. The topological polar surface area (TPSA) is 68.0 Å². The molecule has 1 unspecified atom stereocenters. The molecule has 0 spiro atoms. The lowest BCUT2D eigenvalue weighted by Gasteiger charge is -2.12. The van der Waals surface area contributed by atoms with Gasteiger partial charge in [-0.05, 0) is 36.2 Å². The molecule has 0 saturated heterocycles. The quantitative estimate of drug-likeness (QED) is 0.743. The number of halogens is 1. The number of nitrogens with one attached hydrogen (secondary N) is 1. The molecular formula is C17H22ClN3OS. The van der Waals surface area contributed by atoms with E-state index < -0.39 is 6.04 Å². The molecule has 0 saturated carbocycles. The maximum Gasteiger partial charge on any atom is 0.241 e. The van der Waals surface area contributed by atoms with Crippen molar-refractivity contribution in [1.82, 2.24) is 4.98 Å². The van der Waals surface area contributed by atoms with Crippen molar-refractivity contribution in [3.05, 3.63) is 54.2 Å². The van der Waals surface area contributed by atoms with Crippen LogP contribution in [0.4, 0.5) is 5.69 Å². The summed E-state index contributed by atoms with van der Waals surface area (Å²) in [4.78, 5) is 16.2. The van der Waals surface area contributed by atoms with Crippen LogP contribution in [0.15, 0.2) is 53.7 Å². The Morgan fingerprint density at radius 1 is 1.30 bits per heavy atom. The first kappa shape index (κ1) is 19.5. The van der Waals surface area contributed by atoms with Gasteiger partial charge in [-0.1, -0.05) is 31.5 Å². The van der Waals surface area contributed by atoms with Gasteiger partial charge in [-0.25, -0.2) is 4.98 Å². The van der Waals surface area contributed by atoms with Gasteiger partial charge >= 0.3 is 0 Å². The second-order valence-corrected chi connectivity index (χ2v) is 6.04.